The van der Waals surface area contributed by atoms with Gasteiger partial charge in [0.15, 0.2) is 0 Å². The Labute approximate surface area is 114 Å². The number of aromatic nitrogens is 1. The van der Waals surface area contributed by atoms with E-state index in [1.807, 2.05) is 6.07 Å². The van der Waals surface area contributed by atoms with Crippen molar-refractivity contribution in [1.82, 2.24) is 4.98 Å². The molecular formula is C13H12BrClN2. The minimum Gasteiger partial charge on any atom is -0.366 e. The molecule has 0 saturated carbocycles. The number of halogens is 2. The van der Waals surface area contributed by atoms with Gasteiger partial charge in [0.2, 0.25) is 0 Å². The molecule has 0 unspecified atom stereocenters. The van der Waals surface area contributed by atoms with Gasteiger partial charge in [-0.15, -0.1) is 0 Å². The van der Waals surface area contributed by atoms with Crippen molar-refractivity contribution in [1.29, 1.82) is 0 Å². The van der Waals surface area contributed by atoms with Gasteiger partial charge < -0.3 is 5.32 Å². The van der Waals surface area contributed by atoms with Gasteiger partial charge in [-0.2, -0.15) is 0 Å². The van der Waals surface area contributed by atoms with E-state index in [0.29, 0.717) is 5.02 Å². The zero-order valence-corrected chi connectivity index (χ0v) is 11.7. The van der Waals surface area contributed by atoms with Gasteiger partial charge >= 0.3 is 0 Å². The van der Waals surface area contributed by atoms with Crippen molar-refractivity contribution in [2.45, 2.75) is 13.5 Å². The average Bonchev–Trinajstić information content (AvgIpc) is 2.31. The third-order valence-electron chi connectivity index (χ3n) is 2.36. The van der Waals surface area contributed by atoms with Crippen molar-refractivity contribution in [3.05, 3.63) is 57.2 Å². The summed E-state index contributed by atoms with van der Waals surface area (Å²) in [5.74, 6) is 0.778. The smallest absolute Gasteiger partial charge is 0.127 e. The number of anilines is 1. The lowest BCUT2D eigenvalue weighted by atomic mass is 10.1. The highest BCUT2D eigenvalue weighted by molar-refractivity contribution is 9.10. The number of aryl methyl sites for hydroxylation is 1. The summed E-state index contributed by atoms with van der Waals surface area (Å²) in [4.78, 5) is 4.23. The van der Waals surface area contributed by atoms with Crippen LogP contribution in [0.4, 0.5) is 5.82 Å². The molecule has 1 heterocycles. The molecule has 0 bridgehead atoms. The number of pyridine rings is 1. The first-order valence-electron chi connectivity index (χ1n) is 5.25. The first-order valence-corrected chi connectivity index (χ1v) is 6.43. The Morgan fingerprint density at radius 1 is 1.35 bits per heavy atom. The molecule has 1 aromatic heterocycles. The van der Waals surface area contributed by atoms with Gasteiger partial charge in [-0.1, -0.05) is 41.4 Å². The van der Waals surface area contributed by atoms with Gasteiger partial charge in [-0.25, -0.2) is 4.98 Å². The van der Waals surface area contributed by atoms with Crippen molar-refractivity contribution in [2.24, 2.45) is 0 Å². The highest BCUT2D eigenvalue weighted by atomic mass is 79.9. The Morgan fingerprint density at radius 2 is 2.18 bits per heavy atom. The highest BCUT2D eigenvalue weighted by Gasteiger charge is 2.00. The summed E-state index contributed by atoms with van der Waals surface area (Å²) in [5, 5.41) is 3.90. The average molecular weight is 312 g/mol. The van der Waals surface area contributed by atoms with Crippen LogP contribution in [-0.4, -0.2) is 4.98 Å². The SMILES string of the molecule is Cc1cccc(CNc2cc(Cl)c(Br)cn2)c1. The molecule has 1 N–H and O–H groups in total. The van der Waals surface area contributed by atoms with Crippen molar-refractivity contribution in [2.75, 3.05) is 5.32 Å². The highest BCUT2D eigenvalue weighted by Crippen LogP contribution is 2.23. The van der Waals surface area contributed by atoms with E-state index in [9.17, 15) is 0 Å². The lowest BCUT2D eigenvalue weighted by Crippen LogP contribution is -2.01. The van der Waals surface area contributed by atoms with E-state index >= 15 is 0 Å². The van der Waals surface area contributed by atoms with Crippen LogP contribution in [0, 0.1) is 6.92 Å². The third kappa shape index (κ3) is 3.45. The standard InChI is InChI=1S/C13H12BrClN2/c1-9-3-2-4-10(5-9)7-16-13-6-12(15)11(14)8-17-13/h2-6,8H,7H2,1H3,(H,16,17). The summed E-state index contributed by atoms with van der Waals surface area (Å²) in [6, 6.07) is 10.2. The maximum Gasteiger partial charge on any atom is 0.127 e. The van der Waals surface area contributed by atoms with Crippen LogP contribution < -0.4 is 5.32 Å². The molecule has 0 fully saturated rings. The lowest BCUT2D eigenvalue weighted by Gasteiger charge is -2.07. The summed E-state index contributed by atoms with van der Waals surface area (Å²) in [6.07, 6.45) is 1.70. The van der Waals surface area contributed by atoms with E-state index in [1.165, 1.54) is 11.1 Å². The van der Waals surface area contributed by atoms with Crippen LogP contribution in [0.1, 0.15) is 11.1 Å². The van der Waals surface area contributed by atoms with Gasteiger partial charge in [0.25, 0.3) is 0 Å². The minimum atomic E-state index is 0.659. The molecule has 17 heavy (non-hydrogen) atoms. The molecule has 0 amide bonds. The van der Waals surface area contributed by atoms with Gasteiger partial charge in [0.05, 0.1) is 9.50 Å². The van der Waals surface area contributed by atoms with Crippen LogP contribution in [0.15, 0.2) is 41.0 Å². The Bertz CT molecular complexity index is 529. The molecule has 2 rings (SSSR count). The summed E-state index contributed by atoms with van der Waals surface area (Å²) in [7, 11) is 0. The number of nitrogens with one attached hydrogen (secondary N) is 1. The van der Waals surface area contributed by atoms with Gasteiger partial charge in [-0.3, -0.25) is 0 Å². The summed E-state index contributed by atoms with van der Waals surface area (Å²) < 4.78 is 0.806. The Kier molecular flexibility index (Phi) is 4.02. The molecule has 0 aliphatic heterocycles. The number of hydrogen-bond acceptors (Lipinski definition) is 2. The van der Waals surface area contributed by atoms with Crippen molar-refractivity contribution >= 4 is 33.3 Å². The second-order valence-corrected chi connectivity index (χ2v) is 5.09. The number of nitrogens with zero attached hydrogens (tertiary/aromatic N) is 1. The molecule has 88 valence electrons. The third-order valence-corrected chi connectivity index (χ3v) is 3.54. The summed E-state index contributed by atoms with van der Waals surface area (Å²) >= 11 is 9.31. The zero-order valence-electron chi connectivity index (χ0n) is 9.37. The van der Waals surface area contributed by atoms with Crippen molar-refractivity contribution in [3.63, 3.8) is 0 Å². The van der Waals surface area contributed by atoms with Gasteiger partial charge in [0, 0.05) is 18.8 Å². The Balaban J connectivity index is 2.05. The van der Waals surface area contributed by atoms with Gasteiger partial charge in [-0.05, 0) is 28.4 Å². The largest absolute Gasteiger partial charge is 0.366 e. The first-order chi connectivity index (χ1) is 8.15. The summed E-state index contributed by atoms with van der Waals surface area (Å²) in [6.45, 7) is 2.82. The molecule has 0 aliphatic rings. The number of benzene rings is 1. The molecule has 2 nitrogen and oxygen atoms in total. The molecule has 0 aliphatic carbocycles. The molecular weight excluding hydrogens is 300 g/mol. The van der Waals surface area contributed by atoms with Crippen LogP contribution in [0.3, 0.4) is 0 Å². The molecule has 0 saturated heterocycles. The fourth-order valence-corrected chi connectivity index (χ4v) is 1.89. The maximum absolute atomic E-state index is 5.99. The van der Waals surface area contributed by atoms with Crippen LogP contribution >= 0.6 is 27.5 Å². The van der Waals surface area contributed by atoms with Crippen LogP contribution in [0.5, 0.6) is 0 Å². The molecule has 0 radical (unpaired) electrons. The summed E-state index contributed by atoms with van der Waals surface area (Å²) in [5.41, 5.74) is 2.48. The van der Waals surface area contributed by atoms with Gasteiger partial charge in [0.1, 0.15) is 5.82 Å². The van der Waals surface area contributed by atoms with Crippen LogP contribution in [0.25, 0.3) is 0 Å². The van der Waals surface area contributed by atoms with E-state index in [0.717, 1.165) is 16.8 Å². The second-order valence-electron chi connectivity index (χ2n) is 3.83. The van der Waals surface area contributed by atoms with E-state index in [1.54, 1.807) is 12.3 Å². The van der Waals surface area contributed by atoms with Crippen LogP contribution in [0.2, 0.25) is 5.02 Å². The second kappa shape index (κ2) is 5.52. The van der Waals surface area contributed by atoms with Crippen molar-refractivity contribution < 1.29 is 0 Å². The Hall–Kier alpha value is -1.06. The molecule has 1 aromatic carbocycles. The van der Waals surface area contributed by atoms with Crippen molar-refractivity contribution in [3.8, 4) is 0 Å². The van der Waals surface area contributed by atoms with E-state index in [2.05, 4.69) is 51.4 Å². The maximum atomic E-state index is 5.99. The first kappa shape index (κ1) is 12.4. The molecule has 2 aromatic rings. The van der Waals surface area contributed by atoms with E-state index < -0.39 is 0 Å². The fraction of sp³-hybridized carbons (Fsp3) is 0.154. The lowest BCUT2D eigenvalue weighted by molar-refractivity contribution is 1.10. The normalized spacial score (nSPS) is 10.3. The predicted molar refractivity (Wildman–Crippen MR) is 75.5 cm³/mol. The zero-order chi connectivity index (χ0) is 12.3. The van der Waals surface area contributed by atoms with E-state index in [-0.39, 0.29) is 0 Å². The Morgan fingerprint density at radius 3 is 2.88 bits per heavy atom. The quantitative estimate of drug-likeness (QED) is 0.907. The molecule has 0 spiro atoms. The molecule has 0 atom stereocenters. The molecule has 4 heteroatoms. The fourth-order valence-electron chi connectivity index (χ4n) is 1.53. The van der Waals surface area contributed by atoms with Crippen LogP contribution in [-0.2, 0) is 6.54 Å². The topological polar surface area (TPSA) is 24.9 Å². The predicted octanol–water partition coefficient (Wildman–Crippen LogP) is 4.42. The van der Waals surface area contributed by atoms with E-state index in [4.69, 9.17) is 11.6 Å². The number of rotatable bonds is 3. The number of hydrogen-bond donors (Lipinski definition) is 1. The minimum absolute atomic E-state index is 0.659. The monoisotopic (exact) mass is 310 g/mol.